The molecule has 0 aromatic heterocycles. The summed E-state index contributed by atoms with van der Waals surface area (Å²) in [5.41, 5.74) is 7.24. The van der Waals surface area contributed by atoms with Gasteiger partial charge < -0.3 is 10.1 Å². The van der Waals surface area contributed by atoms with E-state index in [1.807, 2.05) is 6.07 Å². The molecule has 0 fully saturated rings. The van der Waals surface area contributed by atoms with E-state index in [4.69, 9.17) is 12.2 Å². The van der Waals surface area contributed by atoms with Crippen LogP contribution < -0.4 is 16.2 Å². The van der Waals surface area contributed by atoms with E-state index in [1.165, 1.54) is 7.11 Å². The fourth-order valence-corrected chi connectivity index (χ4v) is 2.05. The summed E-state index contributed by atoms with van der Waals surface area (Å²) in [5, 5.41) is 3.18. The second-order valence-electron chi connectivity index (χ2n) is 4.85. The van der Waals surface area contributed by atoms with E-state index in [-0.39, 0.29) is 23.4 Å². The Labute approximate surface area is 145 Å². The Morgan fingerprint density at radius 3 is 2.29 bits per heavy atom. The molecule has 0 unspecified atom stereocenters. The van der Waals surface area contributed by atoms with Crippen LogP contribution in [-0.4, -0.2) is 24.1 Å². The van der Waals surface area contributed by atoms with Gasteiger partial charge in [0.05, 0.1) is 13.5 Å². The van der Waals surface area contributed by atoms with Crippen molar-refractivity contribution in [3.63, 3.8) is 0 Å². The number of hydrogen-bond acceptors (Lipinski definition) is 4. The van der Waals surface area contributed by atoms with Gasteiger partial charge >= 0.3 is 5.97 Å². The van der Waals surface area contributed by atoms with Crippen molar-refractivity contribution in [1.29, 1.82) is 0 Å². The number of esters is 1. The Bertz CT molecular complexity index is 718. The number of methoxy groups -OCH3 is 1. The summed E-state index contributed by atoms with van der Waals surface area (Å²) in [6.45, 7) is 0. The highest BCUT2D eigenvalue weighted by Gasteiger charge is 2.05. The first-order valence-corrected chi connectivity index (χ1v) is 7.57. The number of nitrogens with one attached hydrogen (secondary N) is 3. The zero-order valence-electron chi connectivity index (χ0n) is 13.0. The molecule has 0 heterocycles. The van der Waals surface area contributed by atoms with Gasteiger partial charge in [-0.3, -0.25) is 20.4 Å². The number of benzene rings is 2. The van der Waals surface area contributed by atoms with Gasteiger partial charge in [0.25, 0.3) is 5.91 Å². The molecule has 0 saturated carbocycles. The van der Waals surface area contributed by atoms with Gasteiger partial charge in [-0.05, 0) is 42.0 Å². The molecule has 3 N–H and O–H groups in total. The molecule has 7 heteroatoms. The molecular formula is C17H17N3O3S. The van der Waals surface area contributed by atoms with E-state index < -0.39 is 0 Å². The number of rotatable bonds is 4. The Hall–Kier alpha value is -2.93. The van der Waals surface area contributed by atoms with Crippen LogP contribution in [0.15, 0.2) is 54.6 Å². The third-order valence-corrected chi connectivity index (χ3v) is 3.32. The highest BCUT2D eigenvalue weighted by molar-refractivity contribution is 7.80. The zero-order valence-corrected chi connectivity index (χ0v) is 13.9. The zero-order chi connectivity index (χ0) is 17.4. The maximum atomic E-state index is 11.9. The van der Waals surface area contributed by atoms with Crippen LogP contribution in [0.3, 0.4) is 0 Å². The maximum absolute atomic E-state index is 11.9. The molecule has 0 atom stereocenters. The number of hydrazine groups is 1. The number of amides is 1. The van der Waals surface area contributed by atoms with E-state index >= 15 is 0 Å². The van der Waals surface area contributed by atoms with Crippen LogP contribution in [0.4, 0.5) is 5.69 Å². The molecule has 24 heavy (non-hydrogen) atoms. The maximum Gasteiger partial charge on any atom is 0.309 e. The van der Waals surface area contributed by atoms with Crippen molar-refractivity contribution in [2.75, 3.05) is 12.4 Å². The summed E-state index contributed by atoms with van der Waals surface area (Å²) in [5.74, 6) is -0.579. The minimum atomic E-state index is -0.295. The first-order valence-electron chi connectivity index (χ1n) is 7.16. The molecule has 6 nitrogen and oxygen atoms in total. The van der Waals surface area contributed by atoms with Gasteiger partial charge in [-0.2, -0.15) is 0 Å². The second kappa shape index (κ2) is 8.64. The predicted octanol–water partition coefficient (Wildman–Crippen LogP) is 2.03. The molecule has 0 radical (unpaired) electrons. The summed E-state index contributed by atoms with van der Waals surface area (Å²) in [6, 6.07) is 16.0. The molecule has 0 aliphatic carbocycles. The van der Waals surface area contributed by atoms with Crippen LogP contribution in [0, 0.1) is 0 Å². The van der Waals surface area contributed by atoms with Crippen LogP contribution in [0.5, 0.6) is 0 Å². The molecule has 2 aromatic rings. The van der Waals surface area contributed by atoms with Crippen molar-refractivity contribution >= 4 is 34.9 Å². The number of hydrogen-bond donors (Lipinski definition) is 3. The fourth-order valence-electron chi connectivity index (χ4n) is 1.88. The first-order chi connectivity index (χ1) is 11.6. The molecule has 2 rings (SSSR count). The van der Waals surface area contributed by atoms with E-state index in [0.717, 1.165) is 11.3 Å². The van der Waals surface area contributed by atoms with E-state index in [0.29, 0.717) is 5.56 Å². The lowest BCUT2D eigenvalue weighted by molar-refractivity contribution is -0.139. The van der Waals surface area contributed by atoms with Crippen LogP contribution in [-0.2, 0) is 16.0 Å². The van der Waals surface area contributed by atoms with Crippen LogP contribution >= 0.6 is 12.2 Å². The van der Waals surface area contributed by atoms with E-state index in [9.17, 15) is 9.59 Å². The van der Waals surface area contributed by atoms with Gasteiger partial charge in [0.15, 0.2) is 5.11 Å². The molecule has 0 aliphatic rings. The average Bonchev–Trinajstić information content (AvgIpc) is 2.62. The van der Waals surface area contributed by atoms with Gasteiger partial charge in [-0.1, -0.05) is 30.3 Å². The van der Waals surface area contributed by atoms with Gasteiger partial charge in [-0.15, -0.1) is 0 Å². The highest BCUT2D eigenvalue weighted by Crippen LogP contribution is 2.10. The van der Waals surface area contributed by atoms with E-state index in [2.05, 4.69) is 20.9 Å². The molecule has 2 aromatic carbocycles. The van der Waals surface area contributed by atoms with Gasteiger partial charge in [-0.25, -0.2) is 0 Å². The second-order valence-corrected chi connectivity index (χ2v) is 5.26. The highest BCUT2D eigenvalue weighted by atomic mass is 32.1. The van der Waals surface area contributed by atoms with E-state index in [1.54, 1.807) is 48.5 Å². The number of thiocarbonyl (C=S) groups is 1. The molecule has 0 aliphatic heterocycles. The van der Waals surface area contributed by atoms with Crippen molar-refractivity contribution in [3.05, 3.63) is 65.7 Å². The Balaban J connectivity index is 1.82. The quantitative estimate of drug-likeness (QED) is 0.448. The molecule has 124 valence electrons. The summed E-state index contributed by atoms with van der Waals surface area (Å²) in [7, 11) is 1.35. The fraction of sp³-hybridized carbons (Fsp3) is 0.118. The number of carbonyl (C=O) groups excluding carboxylic acids is 2. The lowest BCUT2D eigenvalue weighted by Crippen LogP contribution is -2.43. The minimum absolute atomic E-state index is 0.215. The summed E-state index contributed by atoms with van der Waals surface area (Å²) in [4.78, 5) is 23.1. The third kappa shape index (κ3) is 5.36. The van der Waals surface area contributed by atoms with Crippen molar-refractivity contribution in [2.24, 2.45) is 0 Å². The van der Waals surface area contributed by atoms with Gasteiger partial charge in [0, 0.05) is 11.3 Å². The lowest BCUT2D eigenvalue weighted by Gasteiger charge is -2.12. The normalized spacial score (nSPS) is 9.71. The molecule has 0 spiro atoms. The van der Waals surface area contributed by atoms with Crippen molar-refractivity contribution in [3.8, 4) is 0 Å². The summed E-state index contributed by atoms with van der Waals surface area (Å²) >= 11 is 5.11. The molecule has 0 bridgehead atoms. The van der Waals surface area contributed by atoms with Crippen molar-refractivity contribution in [1.82, 2.24) is 10.9 Å². The largest absolute Gasteiger partial charge is 0.469 e. The monoisotopic (exact) mass is 343 g/mol. The first kappa shape index (κ1) is 17.4. The SMILES string of the molecule is COC(=O)Cc1ccc(NC(=S)NNC(=O)c2ccccc2)cc1. The lowest BCUT2D eigenvalue weighted by atomic mass is 10.1. The van der Waals surface area contributed by atoms with Crippen LogP contribution in [0.25, 0.3) is 0 Å². The number of anilines is 1. The minimum Gasteiger partial charge on any atom is -0.469 e. The Morgan fingerprint density at radius 2 is 1.67 bits per heavy atom. The molecular weight excluding hydrogens is 326 g/mol. The summed E-state index contributed by atoms with van der Waals surface area (Å²) in [6.07, 6.45) is 0.215. The van der Waals surface area contributed by atoms with Gasteiger partial charge in [0.2, 0.25) is 0 Å². The smallest absolute Gasteiger partial charge is 0.309 e. The predicted molar refractivity (Wildman–Crippen MR) is 95.4 cm³/mol. The van der Waals surface area contributed by atoms with Crippen molar-refractivity contribution < 1.29 is 14.3 Å². The summed E-state index contributed by atoms with van der Waals surface area (Å²) < 4.78 is 4.61. The third-order valence-electron chi connectivity index (χ3n) is 3.11. The van der Waals surface area contributed by atoms with Crippen molar-refractivity contribution in [2.45, 2.75) is 6.42 Å². The Kier molecular flexibility index (Phi) is 6.27. The van der Waals surface area contributed by atoms with Crippen LogP contribution in [0.2, 0.25) is 0 Å². The standard InChI is InChI=1S/C17H17N3O3S/c1-23-15(21)11-12-7-9-14(10-8-12)18-17(24)20-19-16(22)13-5-3-2-4-6-13/h2-10H,11H2,1H3,(H,19,22)(H2,18,20,24). The Morgan fingerprint density at radius 1 is 1.00 bits per heavy atom. The average molecular weight is 343 g/mol. The molecule has 0 saturated heterocycles. The molecule has 1 amide bonds. The van der Waals surface area contributed by atoms with Gasteiger partial charge in [0.1, 0.15) is 0 Å². The number of ether oxygens (including phenoxy) is 1. The topological polar surface area (TPSA) is 79.5 Å². The van der Waals surface area contributed by atoms with Crippen LogP contribution in [0.1, 0.15) is 15.9 Å². The number of carbonyl (C=O) groups is 2.